The fourth-order valence-corrected chi connectivity index (χ4v) is 3.37. The van der Waals surface area contributed by atoms with Gasteiger partial charge in [-0.2, -0.15) is 0 Å². The molecule has 2 fully saturated rings. The third-order valence-corrected chi connectivity index (χ3v) is 4.79. The second-order valence-electron chi connectivity index (χ2n) is 6.54. The first-order valence-electron chi connectivity index (χ1n) is 8.27. The standard InChI is InChI=1S/C18H25NO4/c1-21-10-11-23-16-4-2-15(3-5-16)12-19-13-18(7-6-17(19)20)8-9-22-14-18/h2-5H,6-14H2,1H3. The molecule has 126 valence electrons. The van der Waals surface area contributed by atoms with E-state index in [-0.39, 0.29) is 11.3 Å². The van der Waals surface area contributed by atoms with Crippen molar-refractivity contribution in [3.63, 3.8) is 0 Å². The van der Waals surface area contributed by atoms with Crippen molar-refractivity contribution in [2.24, 2.45) is 5.41 Å². The Kier molecular flexibility index (Phi) is 5.18. The Bertz CT molecular complexity index is 522. The van der Waals surface area contributed by atoms with Crippen LogP contribution in [0.3, 0.4) is 0 Å². The second kappa shape index (κ2) is 7.32. The summed E-state index contributed by atoms with van der Waals surface area (Å²) < 4.78 is 16.1. The maximum Gasteiger partial charge on any atom is 0.222 e. The first kappa shape index (κ1) is 16.3. The van der Waals surface area contributed by atoms with E-state index in [2.05, 4.69) is 0 Å². The number of ether oxygens (including phenoxy) is 3. The smallest absolute Gasteiger partial charge is 0.222 e. The molecule has 0 saturated carbocycles. The lowest BCUT2D eigenvalue weighted by molar-refractivity contribution is -0.138. The van der Waals surface area contributed by atoms with Crippen LogP contribution in [0, 0.1) is 5.41 Å². The first-order chi connectivity index (χ1) is 11.2. The number of amides is 1. The van der Waals surface area contributed by atoms with Crippen LogP contribution in [0.25, 0.3) is 0 Å². The van der Waals surface area contributed by atoms with E-state index < -0.39 is 0 Å². The molecule has 0 N–H and O–H groups in total. The topological polar surface area (TPSA) is 48.0 Å². The van der Waals surface area contributed by atoms with Crippen molar-refractivity contribution in [2.45, 2.75) is 25.8 Å². The number of piperidine rings is 1. The summed E-state index contributed by atoms with van der Waals surface area (Å²) in [7, 11) is 1.66. The molecule has 0 aliphatic carbocycles. The van der Waals surface area contributed by atoms with Gasteiger partial charge in [0.15, 0.2) is 0 Å². The zero-order valence-corrected chi connectivity index (χ0v) is 13.8. The summed E-state index contributed by atoms with van der Waals surface area (Å²) in [6, 6.07) is 7.96. The highest BCUT2D eigenvalue weighted by Gasteiger charge is 2.41. The van der Waals surface area contributed by atoms with Crippen molar-refractivity contribution in [3.05, 3.63) is 29.8 Å². The number of carbonyl (C=O) groups is 1. The molecule has 2 heterocycles. The summed E-state index contributed by atoms with van der Waals surface area (Å²) in [6.45, 7) is 4.23. The summed E-state index contributed by atoms with van der Waals surface area (Å²) in [5.74, 6) is 1.08. The molecule has 0 bridgehead atoms. The molecule has 5 heteroatoms. The van der Waals surface area contributed by atoms with Crippen LogP contribution < -0.4 is 4.74 Å². The third kappa shape index (κ3) is 4.03. The van der Waals surface area contributed by atoms with Crippen LogP contribution in [0.2, 0.25) is 0 Å². The summed E-state index contributed by atoms with van der Waals surface area (Å²) in [5.41, 5.74) is 1.32. The predicted molar refractivity (Wildman–Crippen MR) is 86.3 cm³/mol. The van der Waals surface area contributed by atoms with Gasteiger partial charge in [-0.1, -0.05) is 12.1 Å². The minimum atomic E-state index is 0.192. The van der Waals surface area contributed by atoms with E-state index in [4.69, 9.17) is 14.2 Å². The van der Waals surface area contributed by atoms with Crippen LogP contribution in [0.15, 0.2) is 24.3 Å². The van der Waals surface area contributed by atoms with Gasteiger partial charge >= 0.3 is 0 Å². The maximum atomic E-state index is 12.2. The van der Waals surface area contributed by atoms with Crippen molar-refractivity contribution >= 4 is 5.91 Å². The van der Waals surface area contributed by atoms with Crippen LogP contribution in [0.5, 0.6) is 5.75 Å². The molecule has 1 aromatic rings. The van der Waals surface area contributed by atoms with E-state index in [0.29, 0.717) is 26.2 Å². The van der Waals surface area contributed by atoms with Gasteiger partial charge in [0.25, 0.3) is 0 Å². The second-order valence-corrected chi connectivity index (χ2v) is 6.54. The zero-order chi connectivity index (χ0) is 16.1. The molecule has 3 rings (SSSR count). The fraction of sp³-hybridized carbons (Fsp3) is 0.611. The van der Waals surface area contributed by atoms with E-state index in [1.165, 1.54) is 0 Å². The Balaban J connectivity index is 1.58. The Morgan fingerprint density at radius 1 is 1.22 bits per heavy atom. The molecule has 0 radical (unpaired) electrons. The Morgan fingerprint density at radius 3 is 2.74 bits per heavy atom. The molecule has 1 atom stereocenters. The Hall–Kier alpha value is -1.59. The molecule has 1 amide bonds. The highest BCUT2D eigenvalue weighted by atomic mass is 16.5. The lowest BCUT2D eigenvalue weighted by Crippen LogP contribution is -2.46. The molecule has 2 saturated heterocycles. The lowest BCUT2D eigenvalue weighted by atomic mass is 9.79. The highest BCUT2D eigenvalue weighted by molar-refractivity contribution is 5.77. The number of benzene rings is 1. The minimum absolute atomic E-state index is 0.192. The quantitative estimate of drug-likeness (QED) is 0.755. The molecule has 2 aliphatic heterocycles. The number of rotatable bonds is 6. The maximum absolute atomic E-state index is 12.2. The largest absolute Gasteiger partial charge is 0.491 e. The molecule has 1 spiro atoms. The van der Waals surface area contributed by atoms with Crippen LogP contribution >= 0.6 is 0 Å². The molecule has 0 aromatic heterocycles. The average molecular weight is 319 g/mol. The van der Waals surface area contributed by atoms with Gasteiger partial charge in [0.1, 0.15) is 12.4 Å². The van der Waals surface area contributed by atoms with Crippen LogP contribution in [0.4, 0.5) is 0 Å². The molecule has 5 nitrogen and oxygen atoms in total. The van der Waals surface area contributed by atoms with Gasteiger partial charge in [0.05, 0.1) is 13.2 Å². The zero-order valence-electron chi connectivity index (χ0n) is 13.8. The Labute approximate surface area is 137 Å². The first-order valence-corrected chi connectivity index (χ1v) is 8.27. The normalized spacial score (nSPS) is 24.4. The van der Waals surface area contributed by atoms with Gasteiger partial charge in [0.2, 0.25) is 5.91 Å². The minimum Gasteiger partial charge on any atom is -0.491 e. The summed E-state index contributed by atoms with van der Waals surface area (Å²) in [5, 5.41) is 0. The van der Waals surface area contributed by atoms with Crippen molar-refractivity contribution in [1.29, 1.82) is 0 Å². The number of methoxy groups -OCH3 is 1. The van der Waals surface area contributed by atoms with Crippen LogP contribution in [-0.2, 0) is 20.8 Å². The van der Waals surface area contributed by atoms with Gasteiger partial charge in [0, 0.05) is 38.6 Å². The monoisotopic (exact) mass is 319 g/mol. The van der Waals surface area contributed by atoms with Crippen molar-refractivity contribution in [3.8, 4) is 5.75 Å². The van der Waals surface area contributed by atoms with Gasteiger partial charge < -0.3 is 19.1 Å². The highest BCUT2D eigenvalue weighted by Crippen LogP contribution is 2.38. The van der Waals surface area contributed by atoms with E-state index in [9.17, 15) is 4.79 Å². The molecule has 1 aromatic carbocycles. The fourth-order valence-electron chi connectivity index (χ4n) is 3.37. The van der Waals surface area contributed by atoms with E-state index in [0.717, 1.165) is 43.9 Å². The summed E-state index contributed by atoms with van der Waals surface area (Å²) in [4.78, 5) is 14.2. The van der Waals surface area contributed by atoms with Crippen molar-refractivity contribution in [1.82, 2.24) is 4.90 Å². The lowest BCUT2D eigenvalue weighted by Gasteiger charge is -2.39. The third-order valence-electron chi connectivity index (χ3n) is 4.79. The summed E-state index contributed by atoms with van der Waals surface area (Å²) >= 11 is 0. The molecule has 23 heavy (non-hydrogen) atoms. The van der Waals surface area contributed by atoms with E-state index in [1.54, 1.807) is 7.11 Å². The molecule has 2 aliphatic rings. The van der Waals surface area contributed by atoms with E-state index >= 15 is 0 Å². The number of carbonyl (C=O) groups excluding carboxylic acids is 1. The Morgan fingerprint density at radius 2 is 2.04 bits per heavy atom. The number of hydrogen-bond acceptors (Lipinski definition) is 4. The molecular weight excluding hydrogens is 294 g/mol. The number of nitrogens with zero attached hydrogens (tertiary/aromatic N) is 1. The SMILES string of the molecule is COCCOc1ccc(CN2CC3(CCOC3)CCC2=O)cc1. The van der Waals surface area contributed by atoms with Gasteiger partial charge in [-0.05, 0) is 30.5 Å². The van der Waals surface area contributed by atoms with Gasteiger partial charge in [-0.3, -0.25) is 4.79 Å². The number of hydrogen-bond donors (Lipinski definition) is 0. The number of likely N-dealkylation sites (tertiary alicyclic amines) is 1. The van der Waals surface area contributed by atoms with Gasteiger partial charge in [-0.25, -0.2) is 0 Å². The van der Waals surface area contributed by atoms with Crippen LogP contribution in [-0.4, -0.2) is 50.9 Å². The van der Waals surface area contributed by atoms with Crippen molar-refractivity contribution < 1.29 is 19.0 Å². The van der Waals surface area contributed by atoms with Gasteiger partial charge in [-0.15, -0.1) is 0 Å². The molecule has 1 unspecified atom stereocenters. The summed E-state index contributed by atoms with van der Waals surface area (Å²) in [6.07, 6.45) is 2.68. The average Bonchev–Trinajstić information content (AvgIpc) is 3.01. The van der Waals surface area contributed by atoms with E-state index in [1.807, 2.05) is 29.2 Å². The van der Waals surface area contributed by atoms with Crippen molar-refractivity contribution in [2.75, 3.05) is 40.1 Å². The predicted octanol–water partition coefficient (Wildman–Crippen LogP) is 2.24. The van der Waals surface area contributed by atoms with Crippen LogP contribution in [0.1, 0.15) is 24.8 Å². The molecular formula is C18H25NO4.